The topological polar surface area (TPSA) is 86.8 Å². The molecule has 1 aromatic heterocycles. The number of hydrogen-bond donors (Lipinski definition) is 3. The number of nitrogens with zero attached hydrogens (tertiary/aromatic N) is 1. The van der Waals surface area contributed by atoms with E-state index in [1.807, 2.05) is 12.3 Å². The van der Waals surface area contributed by atoms with Gasteiger partial charge < -0.3 is 24.9 Å². The number of fused-ring (bicyclic) bond motifs is 1. The number of H-pyrrole nitrogens is 1. The zero-order chi connectivity index (χ0) is 24.6. The molecule has 1 aliphatic heterocycles. The number of hydrogen-bond acceptors (Lipinski definition) is 5. The molecule has 1 aliphatic carbocycles. The number of benzene rings is 2. The van der Waals surface area contributed by atoms with E-state index in [1.54, 1.807) is 26.4 Å². The molecule has 7 nitrogen and oxygen atoms in total. The van der Waals surface area contributed by atoms with Crippen molar-refractivity contribution in [1.82, 2.24) is 9.88 Å². The van der Waals surface area contributed by atoms with E-state index >= 15 is 0 Å². The summed E-state index contributed by atoms with van der Waals surface area (Å²) in [6.07, 6.45) is 6.85. The zero-order valence-corrected chi connectivity index (χ0v) is 20.8. The van der Waals surface area contributed by atoms with Crippen LogP contribution in [0.2, 0.25) is 0 Å². The third-order valence-electron chi connectivity index (χ3n) is 7.93. The van der Waals surface area contributed by atoms with Crippen LogP contribution in [0.5, 0.6) is 5.75 Å². The third-order valence-corrected chi connectivity index (χ3v) is 7.93. The van der Waals surface area contributed by atoms with Crippen LogP contribution in [0.15, 0.2) is 36.5 Å². The number of carboxylic acids is 1. The highest BCUT2D eigenvalue weighted by Crippen LogP contribution is 2.59. The van der Waals surface area contributed by atoms with Crippen LogP contribution >= 0.6 is 0 Å². The van der Waals surface area contributed by atoms with Gasteiger partial charge in [-0.2, -0.15) is 0 Å². The Labute approximate surface area is 206 Å². The smallest absolute Gasteiger partial charge is 0.335 e. The Kier molecular flexibility index (Phi) is 6.47. The van der Waals surface area contributed by atoms with E-state index in [0.29, 0.717) is 24.1 Å². The average Bonchev–Trinajstić information content (AvgIpc) is 3.41. The molecule has 0 amide bonds. The number of rotatable bonds is 9. The van der Waals surface area contributed by atoms with Crippen LogP contribution in [0.1, 0.15) is 58.8 Å². The minimum Gasteiger partial charge on any atom is -0.496 e. The molecule has 1 saturated carbocycles. The third kappa shape index (κ3) is 4.62. The maximum Gasteiger partial charge on any atom is 0.335 e. The van der Waals surface area contributed by atoms with Crippen molar-refractivity contribution in [1.29, 1.82) is 0 Å². The van der Waals surface area contributed by atoms with Crippen molar-refractivity contribution in [3.05, 3.63) is 58.8 Å². The van der Waals surface area contributed by atoms with Crippen molar-refractivity contribution in [3.8, 4) is 5.75 Å². The van der Waals surface area contributed by atoms with Crippen LogP contribution in [0, 0.1) is 12.3 Å². The molecular formula is C28H35N3O4. The van der Waals surface area contributed by atoms with E-state index in [2.05, 4.69) is 34.3 Å². The van der Waals surface area contributed by atoms with Crippen molar-refractivity contribution in [2.75, 3.05) is 39.2 Å². The molecule has 1 saturated heterocycles. The van der Waals surface area contributed by atoms with E-state index in [9.17, 15) is 9.90 Å². The van der Waals surface area contributed by atoms with Gasteiger partial charge in [0.05, 0.1) is 19.3 Å². The number of piperidine rings is 1. The number of aromatic amines is 1. The summed E-state index contributed by atoms with van der Waals surface area (Å²) >= 11 is 0. The first kappa shape index (κ1) is 23.7. The molecule has 0 bridgehead atoms. The van der Waals surface area contributed by atoms with E-state index < -0.39 is 5.97 Å². The largest absolute Gasteiger partial charge is 0.496 e. The number of anilines is 1. The van der Waals surface area contributed by atoms with Crippen LogP contribution < -0.4 is 10.1 Å². The summed E-state index contributed by atoms with van der Waals surface area (Å²) in [5.41, 5.74) is 6.30. The summed E-state index contributed by atoms with van der Waals surface area (Å²) < 4.78 is 11.1. The van der Waals surface area contributed by atoms with Gasteiger partial charge in [-0.3, -0.25) is 4.90 Å². The van der Waals surface area contributed by atoms with Crippen molar-refractivity contribution < 1.29 is 19.4 Å². The summed E-state index contributed by atoms with van der Waals surface area (Å²) in [5.74, 6) is 0.00414. The van der Waals surface area contributed by atoms with E-state index in [1.165, 1.54) is 35.8 Å². The molecule has 3 aromatic rings. The number of aromatic carboxylic acids is 1. The van der Waals surface area contributed by atoms with Crippen LogP contribution in [0.3, 0.4) is 0 Å². The lowest BCUT2D eigenvalue weighted by Gasteiger charge is -2.41. The van der Waals surface area contributed by atoms with Gasteiger partial charge in [0.15, 0.2) is 0 Å². The SMILES string of the molecule is COCCNc1cc(C(=O)O)ccc1C1CC2(CCN1Cc1c(OC)cc(C)c3[nH]ccc13)CC2. The summed E-state index contributed by atoms with van der Waals surface area (Å²) in [7, 11) is 3.42. The summed E-state index contributed by atoms with van der Waals surface area (Å²) in [6.45, 7) is 5.07. The Morgan fingerprint density at radius 1 is 1.23 bits per heavy atom. The minimum atomic E-state index is -0.912. The Hall–Kier alpha value is -3.03. The number of carbonyl (C=O) groups is 1. The van der Waals surface area contributed by atoms with Crippen molar-refractivity contribution in [2.45, 2.75) is 45.2 Å². The molecular weight excluding hydrogens is 442 g/mol. The highest BCUT2D eigenvalue weighted by molar-refractivity contribution is 5.89. The predicted molar refractivity (Wildman–Crippen MR) is 137 cm³/mol. The van der Waals surface area contributed by atoms with Crippen LogP contribution in [0.25, 0.3) is 10.9 Å². The highest BCUT2D eigenvalue weighted by Gasteiger charge is 2.48. The van der Waals surface area contributed by atoms with Gasteiger partial charge in [0, 0.05) is 54.6 Å². The number of carboxylic acid groups (broad SMARTS) is 1. The lowest BCUT2D eigenvalue weighted by atomic mass is 9.83. The second kappa shape index (κ2) is 9.55. The molecule has 35 heavy (non-hydrogen) atoms. The summed E-state index contributed by atoms with van der Waals surface area (Å²) in [6, 6.07) is 9.98. The minimum absolute atomic E-state index is 0.194. The predicted octanol–water partition coefficient (Wildman–Crippen LogP) is 5.36. The molecule has 2 aliphatic rings. The number of nitrogens with one attached hydrogen (secondary N) is 2. The van der Waals surface area contributed by atoms with Crippen LogP contribution in [0.4, 0.5) is 5.69 Å². The van der Waals surface area contributed by atoms with Gasteiger partial charge >= 0.3 is 5.97 Å². The number of aryl methyl sites for hydroxylation is 1. The molecule has 2 aromatic carbocycles. The van der Waals surface area contributed by atoms with Crippen molar-refractivity contribution in [3.63, 3.8) is 0 Å². The maximum atomic E-state index is 11.7. The van der Waals surface area contributed by atoms with Crippen molar-refractivity contribution >= 4 is 22.6 Å². The fourth-order valence-electron chi connectivity index (χ4n) is 5.71. The van der Waals surface area contributed by atoms with Gasteiger partial charge in [-0.05, 0) is 80.0 Å². The Bertz CT molecular complexity index is 1230. The van der Waals surface area contributed by atoms with Gasteiger partial charge in [-0.15, -0.1) is 0 Å². The highest BCUT2D eigenvalue weighted by atomic mass is 16.5. The van der Waals surface area contributed by atoms with Gasteiger partial charge in [-0.25, -0.2) is 4.79 Å². The van der Waals surface area contributed by atoms with Crippen LogP contribution in [-0.4, -0.2) is 54.9 Å². The van der Waals surface area contributed by atoms with Gasteiger partial charge in [0.1, 0.15) is 5.75 Å². The number of ether oxygens (including phenoxy) is 2. The van der Waals surface area contributed by atoms with Gasteiger partial charge in [0.25, 0.3) is 0 Å². The molecule has 1 unspecified atom stereocenters. The lowest BCUT2D eigenvalue weighted by molar-refractivity contribution is 0.0696. The number of likely N-dealkylation sites (tertiary alicyclic amines) is 1. The molecule has 3 N–H and O–H groups in total. The molecule has 5 rings (SSSR count). The average molecular weight is 478 g/mol. The molecule has 1 spiro atoms. The molecule has 7 heteroatoms. The lowest BCUT2D eigenvalue weighted by Crippen LogP contribution is -2.37. The number of methoxy groups -OCH3 is 2. The second-order valence-corrected chi connectivity index (χ2v) is 10.1. The molecule has 186 valence electrons. The molecule has 2 heterocycles. The Morgan fingerprint density at radius 2 is 2.06 bits per heavy atom. The van der Waals surface area contributed by atoms with Crippen molar-refractivity contribution in [2.24, 2.45) is 5.41 Å². The second-order valence-electron chi connectivity index (χ2n) is 10.1. The quantitative estimate of drug-likeness (QED) is 0.360. The summed E-state index contributed by atoms with van der Waals surface area (Å²) in [5, 5.41) is 14.3. The van der Waals surface area contributed by atoms with Gasteiger partial charge in [-0.1, -0.05) is 6.07 Å². The number of aromatic nitrogens is 1. The van der Waals surface area contributed by atoms with Gasteiger partial charge in [0.2, 0.25) is 0 Å². The van der Waals surface area contributed by atoms with Crippen LogP contribution in [-0.2, 0) is 11.3 Å². The zero-order valence-electron chi connectivity index (χ0n) is 20.8. The Morgan fingerprint density at radius 3 is 2.77 bits per heavy atom. The standard InChI is InChI=1S/C28H35N3O4/c1-18-14-25(35-3)22(20-6-10-30-26(18)20)17-31-12-9-28(7-8-28)16-24(31)21-5-4-19(27(32)33)15-23(21)29-11-13-34-2/h4-6,10,14-15,24,29-30H,7-9,11-13,16-17H2,1-3H3,(H,32,33). The molecule has 0 radical (unpaired) electrons. The monoisotopic (exact) mass is 477 g/mol. The first-order chi connectivity index (χ1) is 16.9. The normalized spacial score (nSPS) is 19.2. The maximum absolute atomic E-state index is 11.7. The fourth-order valence-corrected chi connectivity index (χ4v) is 5.71. The Balaban J connectivity index is 1.53. The first-order valence-electron chi connectivity index (χ1n) is 12.4. The first-order valence-corrected chi connectivity index (χ1v) is 12.4. The molecule has 1 atom stereocenters. The molecule has 2 fully saturated rings. The summed E-state index contributed by atoms with van der Waals surface area (Å²) in [4.78, 5) is 17.6. The fraction of sp³-hybridized carbons (Fsp3) is 0.464. The van der Waals surface area contributed by atoms with E-state index in [-0.39, 0.29) is 6.04 Å². The van der Waals surface area contributed by atoms with E-state index in [4.69, 9.17) is 9.47 Å². The van der Waals surface area contributed by atoms with E-state index in [0.717, 1.165) is 42.0 Å².